The quantitative estimate of drug-likeness (QED) is 0.733. The third-order valence-electron chi connectivity index (χ3n) is 2.59. The summed E-state index contributed by atoms with van der Waals surface area (Å²) in [6, 6.07) is -0.0151. The van der Waals surface area contributed by atoms with E-state index in [-0.39, 0.29) is 11.9 Å². The number of nitrogens with two attached hydrogens (primary N) is 1. The average Bonchev–Trinajstić information content (AvgIpc) is 2.13. The van der Waals surface area contributed by atoms with Crippen LogP contribution >= 0.6 is 0 Å². The van der Waals surface area contributed by atoms with E-state index in [1.807, 2.05) is 11.8 Å². The number of nitrogens with zero attached hydrogens (tertiary/aromatic N) is 1. The fraction of sp³-hybridized carbons (Fsp3) is 0.917. The van der Waals surface area contributed by atoms with E-state index in [9.17, 15) is 4.79 Å². The van der Waals surface area contributed by atoms with Gasteiger partial charge in [-0.3, -0.25) is 4.79 Å². The van der Waals surface area contributed by atoms with Crippen LogP contribution in [0.2, 0.25) is 0 Å². The van der Waals surface area contributed by atoms with Crippen molar-refractivity contribution in [1.29, 1.82) is 0 Å². The van der Waals surface area contributed by atoms with Crippen LogP contribution in [0.15, 0.2) is 0 Å². The Kier molecular flexibility index (Phi) is 6.57. The minimum Gasteiger partial charge on any atom is -0.343 e. The molecule has 0 saturated carbocycles. The van der Waals surface area contributed by atoms with Crippen molar-refractivity contribution < 1.29 is 4.79 Å². The molecular formula is C12H26N2O. The van der Waals surface area contributed by atoms with Gasteiger partial charge in [-0.05, 0) is 18.8 Å². The van der Waals surface area contributed by atoms with Gasteiger partial charge in [-0.2, -0.15) is 0 Å². The smallest absolute Gasteiger partial charge is 0.224 e. The lowest BCUT2D eigenvalue weighted by atomic mass is 10.0. The fourth-order valence-electron chi connectivity index (χ4n) is 1.41. The first kappa shape index (κ1) is 14.4. The Morgan fingerprint density at radius 3 is 2.13 bits per heavy atom. The standard InChI is InChI=1S/C12H26N2O/c1-6-14(8-9(2)3)12(15)7-11(13)10(4)5/h9-11H,6-8,13H2,1-5H3. The summed E-state index contributed by atoms with van der Waals surface area (Å²) in [5.74, 6) is 1.07. The first-order chi connectivity index (χ1) is 6.88. The van der Waals surface area contributed by atoms with Crippen molar-refractivity contribution in [1.82, 2.24) is 4.90 Å². The molecule has 1 unspecified atom stereocenters. The highest BCUT2D eigenvalue weighted by Crippen LogP contribution is 2.07. The van der Waals surface area contributed by atoms with E-state index in [0.717, 1.165) is 13.1 Å². The molecule has 1 atom stereocenters. The SMILES string of the molecule is CCN(CC(C)C)C(=O)CC(N)C(C)C. The van der Waals surface area contributed by atoms with Gasteiger partial charge >= 0.3 is 0 Å². The molecule has 0 radical (unpaired) electrons. The number of carbonyl (C=O) groups excluding carboxylic acids is 1. The molecule has 3 nitrogen and oxygen atoms in total. The average molecular weight is 214 g/mol. The minimum atomic E-state index is -0.0151. The molecule has 0 rings (SSSR count). The molecule has 0 heterocycles. The van der Waals surface area contributed by atoms with E-state index in [2.05, 4.69) is 27.7 Å². The van der Waals surface area contributed by atoms with Crippen molar-refractivity contribution in [3.8, 4) is 0 Å². The van der Waals surface area contributed by atoms with E-state index >= 15 is 0 Å². The molecule has 3 heteroatoms. The normalized spacial score (nSPS) is 13.3. The molecule has 0 aliphatic carbocycles. The highest BCUT2D eigenvalue weighted by atomic mass is 16.2. The number of hydrogen-bond acceptors (Lipinski definition) is 2. The van der Waals surface area contributed by atoms with Crippen LogP contribution in [-0.2, 0) is 4.79 Å². The van der Waals surface area contributed by atoms with Crippen LogP contribution in [0.4, 0.5) is 0 Å². The predicted octanol–water partition coefficient (Wildman–Crippen LogP) is 1.86. The zero-order valence-corrected chi connectivity index (χ0v) is 10.8. The third-order valence-corrected chi connectivity index (χ3v) is 2.59. The Morgan fingerprint density at radius 1 is 1.27 bits per heavy atom. The summed E-state index contributed by atoms with van der Waals surface area (Å²) in [6.07, 6.45) is 0.470. The molecule has 0 spiro atoms. The molecule has 0 fully saturated rings. The molecule has 0 aliphatic heterocycles. The van der Waals surface area contributed by atoms with Gasteiger partial charge in [0.15, 0.2) is 0 Å². The van der Waals surface area contributed by atoms with Crippen LogP contribution in [0.5, 0.6) is 0 Å². The maximum absolute atomic E-state index is 11.9. The Hall–Kier alpha value is -0.570. The molecular weight excluding hydrogens is 188 g/mol. The van der Waals surface area contributed by atoms with E-state index in [1.165, 1.54) is 0 Å². The second-order valence-electron chi connectivity index (χ2n) is 4.94. The number of amides is 1. The summed E-state index contributed by atoms with van der Waals surface area (Å²) in [4.78, 5) is 13.8. The summed E-state index contributed by atoms with van der Waals surface area (Å²) in [7, 11) is 0. The lowest BCUT2D eigenvalue weighted by Gasteiger charge is -2.25. The summed E-state index contributed by atoms with van der Waals surface area (Å²) >= 11 is 0. The Labute approximate surface area is 94.0 Å². The van der Waals surface area contributed by atoms with Crippen LogP contribution < -0.4 is 5.73 Å². The van der Waals surface area contributed by atoms with E-state index in [4.69, 9.17) is 5.73 Å². The number of hydrogen-bond donors (Lipinski definition) is 1. The van der Waals surface area contributed by atoms with Gasteiger partial charge in [0.25, 0.3) is 0 Å². The fourth-order valence-corrected chi connectivity index (χ4v) is 1.41. The predicted molar refractivity (Wildman–Crippen MR) is 64.5 cm³/mol. The second-order valence-corrected chi connectivity index (χ2v) is 4.94. The largest absolute Gasteiger partial charge is 0.343 e. The van der Waals surface area contributed by atoms with E-state index in [1.54, 1.807) is 0 Å². The lowest BCUT2D eigenvalue weighted by molar-refractivity contribution is -0.132. The Morgan fingerprint density at radius 2 is 1.80 bits per heavy atom. The van der Waals surface area contributed by atoms with E-state index < -0.39 is 0 Å². The van der Waals surface area contributed by atoms with Crippen molar-refractivity contribution in [2.24, 2.45) is 17.6 Å². The van der Waals surface area contributed by atoms with Gasteiger partial charge in [0, 0.05) is 25.6 Å². The lowest BCUT2D eigenvalue weighted by Crippen LogP contribution is -2.39. The first-order valence-corrected chi connectivity index (χ1v) is 5.91. The summed E-state index contributed by atoms with van der Waals surface area (Å²) in [5, 5.41) is 0. The maximum Gasteiger partial charge on any atom is 0.224 e. The minimum absolute atomic E-state index is 0.0151. The molecule has 1 amide bonds. The molecule has 15 heavy (non-hydrogen) atoms. The molecule has 0 saturated heterocycles. The van der Waals surface area contributed by atoms with E-state index in [0.29, 0.717) is 18.3 Å². The molecule has 0 aromatic heterocycles. The monoisotopic (exact) mass is 214 g/mol. The summed E-state index contributed by atoms with van der Waals surface area (Å²) in [5.41, 5.74) is 5.89. The first-order valence-electron chi connectivity index (χ1n) is 5.91. The van der Waals surface area contributed by atoms with Gasteiger partial charge in [0.1, 0.15) is 0 Å². The van der Waals surface area contributed by atoms with Crippen molar-refractivity contribution in [3.63, 3.8) is 0 Å². The molecule has 0 aliphatic rings. The Balaban J connectivity index is 4.15. The number of carbonyl (C=O) groups is 1. The second kappa shape index (κ2) is 6.83. The van der Waals surface area contributed by atoms with Crippen molar-refractivity contribution in [3.05, 3.63) is 0 Å². The maximum atomic E-state index is 11.9. The zero-order chi connectivity index (χ0) is 12.0. The molecule has 0 aromatic rings. The molecule has 90 valence electrons. The van der Waals surface area contributed by atoms with Crippen LogP contribution in [0.1, 0.15) is 41.0 Å². The molecule has 2 N–H and O–H groups in total. The van der Waals surface area contributed by atoms with Crippen molar-refractivity contribution in [2.45, 2.75) is 47.1 Å². The van der Waals surface area contributed by atoms with Gasteiger partial charge in [0.2, 0.25) is 5.91 Å². The van der Waals surface area contributed by atoms with Crippen LogP contribution in [0, 0.1) is 11.8 Å². The van der Waals surface area contributed by atoms with Crippen LogP contribution in [0.25, 0.3) is 0 Å². The van der Waals surface area contributed by atoms with Crippen molar-refractivity contribution >= 4 is 5.91 Å². The summed E-state index contributed by atoms with van der Waals surface area (Å²) < 4.78 is 0. The topological polar surface area (TPSA) is 46.3 Å². The van der Waals surface area contributed by atoms with Crippen LogP contribution in [0.3, 0.4) is 0 Å². The van der Waals surface area contributed by atoms with Gasteiger partial charge in [-0.15, -0.1) is 0 Å². The molecule has 0 bridgehead atoms. The molecule has 0 aromatic carbocycles. The summed E-state index contributed by atoms with van der Waals surface area (Å²) in [6.45, 7) is 12.0. The Bertz CT molecular complexity index is 190. The van der Waals surface area contributed by atoms with Gasteiger partial charge in [0.05, 0.1) is 0 Å². The van der Waals surface area contributed by atoms with Gasteiger partial charge in [-0.25, -0.2) is 0 Å². The van der Waals surface area contributed by atoms with Crippen molar-refractivity contribution in [2.75, 3.05) is 13.1 Å². The highest BCUT2D eigenvalue weighted by molar-refractivity contribution is 5.76. The van der Waals surface area contributed by atoms with Gasteiger partial charge < -0.3 is 10.6 Å². The zero-order valence-electron chi connectivity index (χ0n) is 10.8. The van der Waals surface area contributed by atoms with Gasteiger partial charge in [-0.1, -0.05) is 27.7 Å². The highest BCUT2D eigenvalue weighted by Gasteiger charge is 2.18. The third kappa shape index (κ3) is 5.78. The van der Waals surface area contributed by atoms with Crippen LogP contribution in [-0.4, -0.2) is 29.9 Å². The number of rotatable bonds is 6.